The number of rotatable bonds is 0. The van der Waals surface area contributed by atoms with Crippen LogP contribution in [0.4, 0.5) is 17.6 Å². The molecule has 1 heterocycles. The number of nitrogens with one attached hydrogen (secondary N) is 1. The van der Waals surface area contributed by atoms with Gasteiger partial charge in [0.25, 0.3) is 0 Å². The van der Waals surface area contributed by atoms with Crippen molar-refractivity contribution in [2.24, 2.45) is 0 Å². The molecule has 0 aliphatic carbocycles. The highest BCUT2D eigenvalue weighted by Gasteiger charge is 2.34. The standard InChI is InChI=1S/C6H3F4NS/c7-5-3(6(8,9)10)1-2-4(12)11-5/h1-2H,(H,11,12). The lowest BCUT2D eigenvalue weighted by molar-refractivity contribution is -0.140. The topological polar surface area (TPSA) is 15.8 Å². The molecule has 12 heavy (non-hydrogen) atoms. The van der Waals surface area contributed by atoms with Gasteiger partial charge in [-0.25, -0.2) is 0 Å². The van der Waals surface area contributed by atoms with Crippen molar-refractivity contribution in [2.45, 2.75) is 6.18 Å². The molecule has 0 saturated carbocycles. The van der Waals surface area contributed by atoms with E-state index in [1.54, 1.807) is 4.98 Å². The second-order valence-electron chi connectivity index (χ2n) is 2.05. The van der Waals surface area contributed by atoms with E-state index < -0.39 is 17.7 Å². The van der Waals surface area contributed by atoms with E-state index in [-0.39, 0.29) is 4.64 Å². The van der Waals surface area contributed by atoms with E-state index in [1.807, 2.05) is 0 Å². The number of aromatic amines is 1. The summed E-state index contributed by atoms with van der Waals surface area (Å²) in [7, 11) is 0. The maximum Gasteiger partial charge on any atom is 0.420 e. The molecule has 0 amide bonds. The number of halogens is 4. The molecule has 0 fully saturated rings. The Morgan fingerprint density at radius 2 is 1.83 bits per heavy atom. The molecule has 0 radical (unpaired) electrons. The van der Waals surface area contributed by atoms with Gasteiger partial charge >= 0.3 is 6.18 Å². The first-order valence-electron chi connectivity index (χ1n) is 2.87. The molecule has 0 aliphatic heterocycles. The van der Waals surface area contributed by atoms with Crippen molar-refractivity contribution in [1.82, 2.24) is 4.98 Å². The van der Waals surface area contributed by atoms with Crippen LogP contribution in [0.2, 0.25) is 0 Å². The van der Waals surface area contributed by atoms with Crippen LogP contribution in [0, 0.1) is 10.6 Å². The Morgan fingerprint density at radius 3 is 2.25 bits per heavy atom. The minimum absolute atomic E-state index is 0.0690. The van der Waals surface area contributed by atoms with Gasteiger partial charge in [0.05, 0.1) is 0 Å². The number of hydrogen-bond acceptors (Lipinski definition) is 1. The predicted molar refractivity (Wildman–Crippen MR) is 36.6 cm³/mol. The first kappa shape index (κ1) is 9.18. The van der Waals surface area contributed by atoms with Crippen LogP contribution in [0.25, 0.3) is 0 Å². The van der Waals surface area contributed by atoms with E-state index in [2.05, 4.69) is 12.2 Å². The average molecular weight is 197 g/mol. The normalized spacial score (nSPS) is 11.7. The van der Waals surface area contributed by atoms with Gasteiger partial charge in [-0.3, -0.25) is 0 Å². The summed E-state index contributed by atoms with van der Waals surface area (Å²) in [4.78, 5) is 1.77. The first-order chi connectivity index (χ1) is 5.41. The summed E-state index contributed by atoms with van der Waals surface area (Å²) in [5.74, 6) is -1.45. The summed E-state index contributed by atoms with van der Waals surface area (Å²) in [6.45, 7) is 0. The van der Waals surface area contributed by atoms with E-state index in [9.17, 15) is 17.6 Å². The van der Waals surface area contributed by atoms with E-state index >= 15 is 0 Å². The van der Waals surface area contributed by atoms with Crippen LogP contribution in [0.1, 0.15) is 5.56 Å². The third kappa shape index (κ3) is 1.82. The van der Waals surface area contributed by atoms with Crippen molar-refractivity contribution in [3.8, 4) is 0 Å². The molecule has 1 nitrogen and oxygen atoms in total. The quantitative estimate of drug-likeness (QED) is 0.384. The molecular formula is C6H3F4NS. The Balaban J connectivity index is 3.28. The molecule has 0 aromatic carbocycles. The molecule has 1 aromatic heterocycles. The lowest BCUT2D eigenvalue weighted by Gasteiger charge is -2.06. The van der Waals surface area contributed by atoms with Crippen molar-refractivity contribution < 1.29 is 17.6 Å². The highest BCUT2D eigenvalue weighted by Crippen LogP contribution is 2.30. The van der Waals surface area contributed by atoms with Crippen LogP contribution in [0.15, 0.2) is 12.1 Å². The number of hydrogen-bond donors (Lipinski definition) is 1. The molecule has 1 N–H and O–H groups in total. The van der Waals surface area contributed by atoms with Gasteiger partial charge in [0, 0.05) is 0 Å². The van der Waals surface area contributed by atoms with Crippen molar-refractivity contribution in [3.63, 3.8) is 0 Å². The molecule has 0 atom stereocenters. The van der Waals surface area contributed by atoms with Crippen LogP contribution < -0.4 is 0 Å². The molecule has 0 unspecified atom stereocenters. The summed E-state index contributed by atoms with van der Waals surface area (Å²) in [6, 6.07) is 1.59. The van der Waals surface area contributed by atoms with E-state index in [0.29, 0.717) is 6.07 Å². The fourth-order valence-corrected chi connectivity index (χ4v) is 0.826. The molecule has 1 aromatic rings. The van der Waals surface area contributed by atoms with Gasteiger partial charge in [0.15, 0.2) is 0 Å². The van der Waals surface area contributed by atoms with Crippen LogP contribution in [-0.2, 0) is 6.18 Å². The van der Waals surface area contributed by atoms with Crippen LogP contribution >= 0.6 is 12.2 Å². The largest absolute Gasteiger partial charge is 0.420 e. The average Bonchev–Trinajstić information content (AvgIpc) is 1.83. The number of aromatic nitrogens is 1. The summed E-state index contributed by atoms with van der Waals surface area (Å²) in [5.41, 5.74) is -1.34. The Hall–Kier alpha value is -0.910. The number of pyridine rings is 1. The van der Waals surface area contributed by atoms with E-state index in [0.717, 1.165) is 6.07 Å². The minimum Gasteiger partial charge on any atom is -0.323 e. The summed E-state index contributed by atoms with van der Waals surface area (Å²) < 4.78 is 48.1. The fourth-order valence-electron chi connectivity index (χ4n) is 0.668. The SMILES string of the molecule is Fc1[nH]c(=S)ccc1C(F)(F)F. The molecule has 6 heteroatoms. The van der Waals surface area contributed by atoms with Gasteiger partial charge < -0.3 is 4.98 Å². The minimum atomic E-state index is -4.68. The van der Waals surface area contributed by atoms with Gasteiger partial charge in [-0.2, -0.15) is 17.6 Å². The molecule has 1 rings (SSSR count). The lowest BCUT2D eigenvalue weighted by Crippen LogP contribution is -2.09. The van der Waals surface area contributed by atoms with Crippen molar-refractivity contribution >= 4 is 12.2 Å². The Labute approximate surface area is 70.0 Å². The maximum atomic E-state index is 12.5. The zero-order chi connectivity index (χ0) is 9.35. The second kappa shape index (κ2) is 2.85. The Morgan fingerprint density at radius 1 is 1.25 bits per heavy atom. The van der Waals surface area contributed by atoms with Crippen LogP contribution in [0.3, 0.4) is 0 Å². The van der Waals surface area contributed by atoms with Crippen LogP contribution in [-0.4, -0.2) is 4.98 Å². The Kier molecular flexibility index (Phi) is 2.18. The zero-order valence-corrected chi connectivity index (χ0v) is 6.39. The smallest absolute Gasteiger partial charge is 0.323 e. The van der Waals surface area contributed by atoms with Gasteiger partial charge in [-0.15, -0.1) is 0 Å². The molecule has 0 aliphatic rings. The Bertz CT molecular complexity index is 340. The van der Waals surface area contributed by atoms with Gasteiger partial charge in [-0.05, 0) is 12.1 Å². The van der Waals surface area contributed by atoms with Crippen LogP contribution in [0.5, 0.6) is 0 Å². The highest BCUT2D eigenvalue weighted by molar-refractivity contribution is 7.71. The molecule has 0 spiro atoms. The monoisotopic (exact) mass is 197 g/mol. The van der Waals surface area contributed by atoms with E-state index in [4.69, 9.17) is 0 Å². The fraction of sp³-hybridized carbons (Fsp3) is 0.167. The summed E-state index contributed by atoms with van der Waals surface area (Å²) >= 11 is 4.42. The molecule has 0 saturated heterocycles. The lowest BCUT2D eigenvalue weighted by atomic mass is 10.3. The third-order valence-electron chi connectivity index (χ3n) is 1.18. The summed E-state index contributed by atoms with van der Waals surface area (Å²) in [6.07, 6.45) is -4.68. The predicted octanol–water partition coefficient (Wildman–Crippen LogP) is 2.90. The molecule has 0 bridgehead atoms. The van der Waals surface area contributed by atoms with Crippen molar-refractivity contribution in [3.05, 3.63) is 28.3 Å². The van der Waals surface area contributed by atoms with Gasteiger partial charge in [0.2, 0.25) is 5.95 Å². The number of H-pyrrole nitrogens is 1. The molecular weight excluding hydrogens is 194 g/mol. The number of alkyl halides is 3. The van der Waals surface area contributed by atoms with Crippen molar-refractivity contribution in [1.29, 1.82) is 0 Å². The molecule has 66 valence electrons. The van der Waals surface area contributed by atoms with Crippen molar-refractivity contribution in [2.75, 3.05) is 0 Å². The third-order valence-corrected chi connectivity index (χ3v) is 1.41. The van der Waals surface area contributed by atoms with E-state index in [1.165, 1.54) is 0 Å². The second-order valence-corrected chi connectivity index (χ2v) is 2.49. The summed E-state index contributed by atoms with van der Waals surface area (Å²) in [5, 5.41) is 0. The highest BCUT2D eigenvalue weighted by atomic mass is 32.1. The van der Waals surface area contributed by atoms with Gasteiger partial charge in [-0.1, -0.05) is 12.2 Å². The first-order valence-corrected chi connectivity index (χ1v) is 3.28. The zero-order valence-electron chi connectivity index (χ0n) is 5.57. The maximum absolute atomic E-state index is 12.5. The van der Waals surface area contributed by atoms with Gasteiger partial charge in [0.1, 0.15) is 10.2 Å².